The zero-order valence-corrected chi connectivity index (χ0v) is 13.7. The minimum Gasteiger partial charge on any atom is -0.309 e. The van der Waals surface area contributed by atoms with Crippen molar-refractivity contribution in [2.24, 2.45) is 0 Å². The average Bonchev–Trinajstić information content (AvgIpc) is 2.54. The molecule has 0 spiro atoms. The molecule has 1 aliphatic rings. The van der Waals surface area contributed by atoms with E-state index in [1.165, 1.54) is 37.9 Å². The number of halogens is 1. The van der Waals surface area contributed by atoms with Crippen LogP contribution in [0.25, 0.3) is 0 Å². The predicted octanol–water partition coefficient (Wildman–Crippen LogP) is 4.13. The first-order valence-corrected chi connectivity index (χ1v) is 8.35. The molecule has 1 fully saturated rings. The highest BCUT2D eigenvalue weighted by Gasteiger charge is 2.39. The smallest absolute Gasteiger partial charge is 0.123 e. The minimum atomic E-state index is -0.162. The third kappa shape index (κ3) is 3.64. The topological polar surface area (TPSA) is 15.3 Å². The molecule has 1 aliphatic heterocycles. The van der Waals surface area contributed by atoms with E-state index in [0.717, 1.165) is 13.0 Å². The number of hydrogen-bond donors (Lipinski definition) is 1. The van der Waals surface area contributed by atoms with Gasteiger partial charge in [0.05, 0.1) is 6.04 Å². The summed E-state index contributed by atoms with van der Waals surface area (Å²) >= 11 is 0. The second-order valence-electron chi connectivity index (χ2n) is 6.30. The van der Waals surface area contributed by atoms with Gasteiger partial charge in [0.2, 0.25) is 0 Å². The van der Waals surface area contributed by atoms with Crippen LogP contribution in [0.2, 0.25) is 0 Å². The van der Waals surface area contributed by atoms with Gasteiger partial charge < -0.3 is 5.32 Å². The number of likely N-dealkylation sites (tertiary alicyclic amines) is 1. The second-order valence-corrected chi connectivity index (χ2v) is 6.30. The summed E-state index contributed by atoms with van der Waals surface area (Å²) < 4.78 is 13.2. The number of nitrogens with zero attached hydrogens (tertiary/aromatic N) is 1. The monoisotopic (exact) mass is 292 g/mol. The molecule has 0 aliphatic carbocycles. The highest BCUT2D eigenvalue weighted by Crippen LogP contribution is 2.36. The minimum absolute atomic E-state index is 0.0776. The molecule has 1 heterocycles. The Hall–Kier alpha value is -0.930. The molecular weight excluding hydrogens is 263 g/mol. The molecule has 1 N–H and O–H groups in total. The maximum absolute atomic E-state index is 13.2. The maximum atomic E-state index is 13.2. The predicted molar refractivity (Wildman–Crippen MR) is 86.9 cm³/mol. The number of benzene rings is 1. The highest BCUT2D eigenvalue weighted by atomic mass is 19.1. The summed E-state index contributed by atoms with van der Waals surface area (Å²) in [4.78, 5) is 2.63. The van der Waals surface area contributed by atoms with Crippen molar-refractivity contribution in [3.05, 3.63) is 35.6 Å². The van der Waals surface area contributed by atoms with Crippen LogP contribution in [0.15, 0.2) is 24.3 Å². The lowest BCUT2D eigenvalue weighted by Crippen LogP contribution is -2.55. The number of likely N-dealkylation sites (N-methyl/N-ethyl adjacent to an activating group) is 1. The zero-order chi connectivity index (χ0) is 15.3. The lowest BCUT2D eigenvalue weighted by molar-refractivity contribution is 0.0429. The molecule has 3 heteroatoms. The van der Waals surface area contributed by atoms with Gasteiger partial charge >= 0.3 is 0 Å². The van der Waals surface area contributed by atoms with E-state index in [1.54, 1.807) is 12.1 Å². The molecule has 2 unspecified atom stereocenters. The van der Waals surface area contributed by atoms with Crippen LogP contribution in [0, 0.1) is 5.82 Å². The normalized spacial score (nSPS) is 21.0. The summed E-state index contributed by atoms with van der Waals surface area (Å²) in [5.74, 6) is -0.162. The van der Waals surface area contributed by atoms with Crippen molar-refractivity contribution in [2.75, 3.05) is 19.6 Å². The standard InChI is InChI=1S/C18H29FN2/c1-4-18(3,21-13-7-6-8-14-21)17(20-5-2)15-9-11-16(19)12-10-15/h9-12,17,20H,4-8,13-14H2,1-3H3. The highest BCUT2D eigenvalue weighted by molar-refractivity contribution is 5.24. The number of rotatable bonds is 6. The quantitative estimate of drug-likeness (QED) is 0.848. The van der Waals surface area contributed by atoms with Gasteiger partial charge in [-0.15, -0.1) is 0 Å². The van der Waals surface area contributed by atoms with Crippen LogP contribution < -0.4 is 5.32 Å². The van der Waals surface area contributed by atoms with Crippen molar-refractivity contribution in [1.29, 1.82) is 0 Å². The van der Waals surface area contributed by atoms with Gasteiger partial charge in [-0.2, -0.15) is 0 Å². The lowest BCUT2D eigenvalue weighted by atomic mass is 9.81. The van der Waals surface area contributed by atoms with Crippen molar-refractivity contribution >= 4 is 0 Å². The lowest BCUT2D eigenvalue weighted by Gasteiger charge is -2.48. The van der Waals surface area contributed by atoms with Crippen molar-refractivity contribution in [2.45, 2.75) is 58.0 Å². The Kier molecular flexibility index (Phi) is 5.77. The molecule has 0 aromatic heterocycles. The molecule has 1 aromatic rings. The first-order chi connectivity index (χ1) is 10.1. The molecule has 118 valence electrons. The second kappa shape index (κ2) is 7.37. The SMILES string of the molecule is CCNC(c1ccc(F)cc1)C(C)(CC)N1CCCCC1. The number of hydrogen-bond acceptors (Lipinski definition) is 2. The van der Waals surface area contributed by atoms with Gasteiger partial charge in [0.1, 0.15) is 5.82 Å². The fourth-order valence-corrected chi connectivity index (χ4v) is 3.57. The van der Waals surface area contributed by atoms with E-state index in [9.17, 15) is 4.39 Å². The van der Waals surface area contributed by atoms with E-state index in [-0.39, 0.29) is 17.4 Å². The van der Waals surface area contributed by atoms with E-state index in [1.807, 2.05) is 12.1 Å². The van der Waals surface area contributed by atoms with Crippen LogP contribution in [0.3, 0.4) is 0 Å². The Morgan fingerprint density at radius 1 is 1.14 bits per heavy atom. The van der Waals surface area contributed by atoms with Gasteiger partial charge in [-0.1, -0.05) is 32.4 Å². The Bertz CT molecular complexity index is 425. The van der Waals surface area contributed by atoms with Crippen molar-refractivity contribution < 1.29 is 4.39 Å². The molecule has 2 nitrogen and oxygen atoms in total. The van der Waals surface area contributed by atoms with Crippen LogP contribution in [0.1, 0.15) is 58.1 Å². The molecule has 21 heavy (non-hydrogen) atoms. The summed E-state index contributed by atoms with van der Waals surface area (Å²) in [6, 6.07) is 7.25. The summed E-state index contributed by atoms with van der Waals surface area (Å²) in [7, 11) is 0. The Morgan fingerprint density at radius 3 is 2.29 bits per heavy atom. The van der Waals surface area contributed by atoms with Crippen LogP contribution in [0.4, 0.5) is 4.39 Å². The summed E-state index contributed by atoms with van der Waals surface area (Å²) in [5.41, 5.74) is 1.27. The molecule has 2 rings (SSSR count). The molecule has 2 atom stereocenters. The molecule has 0 bridgehead atoms. The summed E-state index contributed by atoms with van der Waals surface area (Å²) in [6.45, 7) is 10.0. The first-order valence-electron chi connectivity index (χ1n) is 8.35. The molecule has 0 saturated carbocycles. The van der Waals surface area contributed by atoms with Gasteiger partial charge in [-0.3, -0.25) is 4.90 Å². The van der Waals surface area contributed by atoms with Gasteiger partial charge in [0.15, 0.2) is 0 Å². The molecule has 0 radical (unpaired) electrons. The number of piperidine rings is 1. The first kappa shape index (κ1) is 16.4. The van der Waals surface area contributed by atoms with Crippen LogP contribution >= 0.6 is 0 Å². The van der Waals surface area contributed by atoms with Gasteiger partial charge in [0, 0.05) is 5.54 Å². The van der Waals surface area contributed by atoms with Gasteiger partial charge in [-0.05, 0) is 63.5 Å². The third-order valence-corrected chi connectivity index (χ3v) is 5.03. The van der Waals surface area contributed by atoms with E-state index >= 15 is 0 Å². The summed E-state index contributed by atoms with van der Waals surface area (Å²) in [6.07, 6.45) is 5.01. The van der Waals surface area contributed by atoms with Crippen LogP contribution in [0.5, 0.6) is 0 Å². The van der Waals surface area contributed by atoms with E-state index < -0.39 is 0 Å². The van der Waals surface area contributed by atoms with Crippen LogP contribution in [-0.2, 0) is 0 Å². The van der Waals surface area contributed by atoms with Crippen molar-refractivity contribution in [3.8, 4) is 0 Å². The molecule has 0 amide bonds. The molecular formula is C18H29FN2. The maximum Gasteiger partial charge on any atom is 0.123 e. The van der Waals surface area contributed by atoms with Crippen LogP contribution in [-0.4, -0.2) is 30.1 Å². The Balaban J connectivity index is 2.30. The van der Waals surface area contributed by atoms with Crippen molar-refractivity contribution in [1.82, 2.24) is 10.2 Å². The van der Waals surface area contributed by atoms with Gasteiger partial charge in [-0.25, -0.2) is 4.39 Å². The summed E-state index contributed by atoms with van der Waals surface area (Å²) in [5, 5.41) is 3.64. The Labute approximate surface area is 128 Å². The molecule has 1 saturated heterocycles. The van der Waals surface area contributed by atoms with Gasteiger partial charge in [0.25, 0.3) is 0 Å². The van der Waals surface area contributed by atoms with E-state index in [4.69, 9.17) is 0 Å². The third-order valence-electron chi connectivity index (χ3n) is 5.03. The zero-order valence-electron chi connectivity index (χ0n) is 13.7. The van der Waals surface area contributed by atoms with Crippen molar-refractivity contribution in [3.63, 3.8) is 0 Å². The fraction of sp³-hybridized carbons (Fsp3) is 0.667. The molecule has 1 aromatic carbocycles. The Morgan fingerprint density at radius 2 is 1.76 bits per heavy atom. The largest absolute Gasteiger partial charge is 0.309 e. The number of nitrogens with one attached hydrogen (secondary N) is 1. The van der Waals surface area contributed by atoms with E-state index in [2.05, 4.69) is 31.0 Å². The van der Waals surface area contributed by atoms with E-state index in [0.29, 0.717) is 0 Å². The fourth-order valence-electron chi connectivity index (χ4n) is 3.57. The average molecular weight is 292 g/mol.